The predicted molar refractivity (Wildman–Crippen MR) is 120 cm³/mol. The largest absolute Gasteiger partial charge is 0.464 e. The molecule has 176 valence electrons. The molecule has 11 heteroatoms. The van der Waals surface area contributed by atoms with E-state index in [-0.39, 0.29) is 34.4 Å². The minimum absolute atomic E-state index is 0.00474. The lowest BCUT2D eigenvalue weighted by Crippen LogP contribution is -2.40. The van der Waals surface area contributed by atoms with Gasteiger partial charge in [-0.15, -0.1) is 0 Å². The van der Waals surface area contributed by atoms with Crippen LogP contribution in [0.15, 0.2) is 56.3 Å². The number of hydrogen-bond acceptors (Lipinski definition) is 8. The highest BCUT2D eigenvalue weighted by Crippen LogP contribution is 2.26. The third kappa shape index (κ3) is 5.03. The fourth-order valence-corrected chi connectivity index (χ4v) is 6.39. The number of carbonyl (C=O) groups is 1. The summed E-state index contributed by atoms with van der Waals surface area (Å²) in [6.07, 6.45) is 0.339. The van der Waals surface area contributed by atoms with Gasteiger partial charge in [-0.25, -0.2) is 16.8 Å². The molecule has 0 radical (unpaired) electrons. The van der Waals surface area contributed by atoms with Gasteiger partial charge in [-0.2, -0.15) is 0 Å². The smallest absolute Gasteiger partial charge is 0.276 e. The van der Waals surface area contributed by atoms with E-state index in [1.54, 1.807) is 38.1 Å². The van der Waals surface area contributed by atoms with Crippen LogP contribution in [0.2, 0.25) is 0 Å². The van der Waals surface area contributed by atoms with Crippen molar-refractivity contribution < 1.29 is 30.6 Å². The molecule has 1 aromatic carbocycles. The summed E-state index contributed by atoms with van der Waals surface area (Å²) in [5, 5.41) is 3.89. The van der Waals surface area contributed by atoms with Crippen molar-refractivity contribution in [1.82, 2.24) is 10.1 Å². The van der Waals surface area contributed by atoms with E-state index in [0.717, 1.165) is 0 Å². The van der Waals surface area contributed by atoms with Crippen LogP contribution < -0.4 is 0 Å². The van der Waals surface area contributed by atoms with Crippen LogP contribution in [-0.2, 0) is 26.2 Å². The first-order valence-electron chi connectivity index (χ1n) is 10.4. The second-order valence-electron chi connectivity index (χ2n) is 8.01. The van der Waals surface area contributed by atoms with E-state index in [0.29, 0.717) is 29.3 Å². The highest BCUT2D eigenvalue weighted by Gasteiger charge is 2.36. The zero-order valence-corrected chi connectivity index (χ0v) is 19.9. The van der Waals surface area contributed by atoms with Gasteiger partial charge in [0.1, 0.15) is 11.5 Å². The van der Waals surface area contributed by atoms with Gasteiger partial charge in [0.15, 0.2) is 31.1 Å². The number of furan rings is 1. The third-order valence-electron chi connectivity index (χ3n) is 5.64. The van der Waals surface area contributed by atoms with Gasteiger partial charge in [0.05, 0.1) is 28.7 Å². The standard InChI is InChI=1S/C22H24N2O7S2/c1-3-33(28,29)19-8-5-16(6-9-19)21-12-20(23-31-21)22(25)24(13-18-7-4-15(2)30-18)17-10-11-32(26,27)14-17/h4-9,12,17H,3,10-11,13-14H2,1-2H3. The van der Waals surface area contributed by atoms with E-state index in [1.165, 1.54) is 23.1 Å². The summed E-state index contributed by atoms with van der Waals surface area (Å²) in [7, 11) is -6.55. The Balaban J connectivity index is 1.59. The molecule has 2 aromatic heterocycles. The first-order chi connectivity index (χ1) is 15.6. The van der Waals surface area contributed by atoms with E-state index in [9.17, 15) is 21.6 Å². The Morgan fingerprint density at radius 2 is 1.91 bits per heavy atom. The van der Waals surface area contributed by atoms with E-state index in [1.807, 2.05) is 0 Å². The molecule has 0 spiro atoms. The van der Waals surface area contributed by atoms with Gasteiger partial charge in [-0.1, -0.05) is 12.1 Å². The lowest BCUT2D eigenvalue weighted by molar-refractivity contribution is 0.0655. The summed E-state index contributed by atoms with van der Waals surface area (Å²) in [5.41, 5.74) is 0.594. The summed E-state index contributed by atoms with van der Waals surface area (Å²) >= 11 is 0. The van der Waals surface area contributed by atoms with Crippen molar-refractivity contribution in [2.24, 2.45) is 0 Å². The molecule has 3 aromatic rings. The van der Waals surface area contributed by atoms with Crippen LogP contribution >= 0.6 is 0 Å². The van der Waals surface area contributed by atoms with Crippen LogP contribution in [0.25, 0.3) is 11.3 Å². The lowest BCUT2D eigenvalue weighted by Gasteiger charge is -2.26. The molecule has 1 fully saturated rings. The van der Waals surface area contributed by atoms with Gasteiger partial charge in [0.25, 0.3) is 5.91 Å². The van der Waals surface area contributed by atoms with Crippen LogP contribution in [0, 0.1) is 6.92 Å². The zero-order chi connectivity index (χ0) is 23.8. The Hall–Kier alpha value is -2.92. The average molecular weight is 493 g/mol. The molecule has 33 heavy (non-hydrogen) atoms. The average Bonchev–Trinajstić information content (AvgIpc) is 3.51. The summed E-state index contributed by atoms with van der Waals surface area (Å²) in [6, 6.07) is 10.6. The van der Waals surface area contributed by atoms with Crippen molar-refractivity contribution >= 4 is 25.6 Å². The molecule has 4 rings (SSSR count). The van der Waals surface area contributed by atoms with Gasteiger partial charge in [-0.05, 0) is 49.7 Å². The van der Waals surface area contributed by atoms with Crippen molar-refractivity contribution in [3.63, 3.8) is 0 Å². The van der Waals surface area contributed by atoms with Gasteiger partial charge < -0.3 is 13.8 Å². The first-order valence-corrected chi connectivity index (χ1v) is 13.9. The van der Waals surface area contributed by atoms with Crippen LogP contribution in [0.3, 0.4) is 0 Å². The lowest BCUT2D eigenvalue weighted by atomic mass is 10.1. The number of hydrogen-bond donors (Lipinski definition) is 0. The van der Waals surface area contributed by atoms with E-state index in [4.69, 9.17) is 8.94 Å². The Labute approximate surface area is 192 Å². The molecule has 0 bridgehead atoms. The molecule has 0 N–H and O–H groups in total. The molecule has 3 heterocycles. The first kappa shape index (κ1) is 23.2. The van der Waals surface area contributed by atoms with E-state index in [2.05, 4.69) is 5.16 Å². The van der Waals surface area contributed by atoms with Crippen molar-refractivity contribution in [2.45, 2.75) is 37.8 Å². The molecule has 1 aliphatic heterocycles. The zero-order valence-electron chi connectivity index (χ0n) is 18.2. The van der Waals surface area contributed by atoms with Crippen LogP contribution in [0.4, 0.5) is 0 Å². The number of rotatable bonds is 7. The Bertz CT molecular complexity index is 1370. The monoisotopic (exact) mass is 492 g/mol. The van der Waals surface area contributed by atoms with Gasteiger partial charge >= 0.3 is 0 Å². The predicted octanol–water partition coefficient (Wildman–Crippen LogP) is 2.87. The Morgan fingerprint density at radius 3 is 2.48 bits per heavy atom. The Morgan fingerprint density at radius 1 is 1.18 bits per heavy atom. The number of aryl methyl sites for hydroxylation is 1. The number of sulfone groups is 2. The summed E-state index contributed by atoms with van der Waals surface area (Å²) in [6.45, 7) is 3.47. The normalized spacial score (nSPS) is 17.8. The van der Waals surface area contributed by atoms with Gasteiger partial charge in [0, 0.05) is 17.7 Å². The maximum absolute atomic E-state index is 13.3. The molecular formula is C22H24N2O7S2. The van der Waals surface area contributed by atoms with Crippen molar-refractivity contribution in [2.75, 3.05) is 17.3 Å². The van der Waals surface area contributed by atoms with Crippen molar-refractivity contribution in [1.29, 1.82) is 0 Å². The van der Waals surface area contributed by atoms with Crippen molar-refractivity contribution in [3.8, 4) is 11.3 Å². The third-order valence-corrected chi connectivity index (χ3v) is 9.14. The number of carbonyl (C=O) groups excluding carboxylic acids is 1. The second kappa shape index (κ2) is 8.79. The topological polar surface area (TPSA) is 128 Å². The Kier molecular flexibility index (Phi) is 6.19. The number of benzene rings is 1. The molecule has 0 aliphatic carbocycles. The molecule has 1 saturated heterocycles. The molecular weight excluding hydrogens is 468 g/mol. The minimum atomic E-state index is -3.33. The van der Waals surface area contributed by atoms with E-state index < -0.39 is 31.6 Å². The van der Waals surface area contributed by atoms with Crippen LogP contribution in [-0.4, -0.2) is 56.1 Å². The summed E-state index contributed by atoms with van der Waals surface area (Å²) in [5.74, 6) is 0.967. The summed E-state index contributed by atoms with van der Waals surface area (Å²) < 4.78 is 59.0. The molecule has 1 aliphatic rings. The molecule has 1 atom stereocenters. The quantitative estimate of drug-likeness (QED) is 0.492. The maximum atomic E-state index is 13.3. The minimum Gasteiger partial charge on any atom is -0.464 e. The number of aromatic nitrogens is 1. The molecule has 1 unspecified atom stereocenters. The second-order valence-corrected chi connectivity index (χ2v) is 12.5. The van der Waals surface area contributed by atoms with Gasteiger partial charge in [-0.3, -0.25) is 4.79 Å². The van der Waals surface area contributed by atoms with Crippen LogP contribution in [0.5, 0.6) is 0 Å². The number of nitrogens with zero attached hydrogens (tertiary/aromatic N) is 2. The fraction of sp³-hybridized carbons (Fsp3) is 0.364. The van der Waals surface area contributed by atoms with E-state index >= 15 is 0 Å². The highest BCUT2D eigenvalue weighted by molar-refractivity contribution is 7.91. The van der Waals surface area contributed by atoms with Crippen molar-refractivity contribution in [3.05, 3.63) is 59.7 Å². The fourth-order valence-electron chi connectivity index (χ4n) is 3.78. The molecule has 1 amide bonds. The van der Waals surface area contributed by atoms with Crippen LogP contribution in [0.1, 0.15) is 35.4 Å². The SMILES string of the molecule is CCS(=O)(=O)c1ccc(-c2cc(C(=O)N(Cc3ccc(C)o3)C3CCS(=O)(=O)C3)no2)cc1. The molecule has 0 saturated carbocycles. The van der Waals surface area contributed by atoms with Gasteiger partial charge in [0.2, 0.25) is 0 Å². The number of amides is 1. The molecule has 9 nitrogen and oxygen atoms in total. The maximum Gasteiger partial charge on any atom is 0.276 e. The summed E-state index contributed by atoms with van der Waals surface area (Å²) in [4.78, 5) is 15.0. The highest BCUT2D eigenvalue weighted by atomic mass is 32.2.